The summed E-state index contributed by atoms with van der Waals surface area (Å²) in [5, 5.41) is 6.83. The van der Waals surface area contributed by atoms with Crippen molar-refractivity contribution in [3.05, 3.63) is 77.9 Å². The average molecular weight is 406 g/mol. The first-order valence-electron chi connectivity index (χ1n) is 9.76. The monoisotopic (exact) mass is 406 g/mol. The van der Waals surface area contributed by atoms with Crippen molar-refractivity contribution >= 4 is 17.6 Å². The fraction of sp³-hybridized carbons (Fsp3) is 0.304. The predicted molar refractivity (Wildman–Crippen MR) is 114 cm³/mol. The number of carbonyl (C=O) groups is 2. The maximum Gasteiger partial charge on any atom is 0.338 e. The highest BCUT2D eigenvalue weighted by Crippen LogP contribution is 2.23. The van der Waals surface area contributed by atoms with Crippen LogP contribution in [0.15, 0.2) is 61.2 Å². The Hall–Kier alpha value is -3.48. The second-order valence-electron chi connectivity index (χ2n) is 8.15. The van der Waals surface area contributed by atoms with Crippen LogP contribution in [0.2, 0.25) is 0 Å². The number of aromatic nitrogens is 3. The number of ether oxygens (including phenoxy) is 1. The van der Waals surface area contributed by atoms with Gasteiger partial charge in [-0.2, -0.15) is 5.10 Å². The van der Waals surface area contributed by atoms with E-state index in [0.29, 0.717) is 17.8 Å². The summed E-state index contributed by atoms with van der Waals surface area (Å²) < 4.78 is 7.00. The number of benzene rings is 2. The van der Waals surface area contributed by atoms with Crippen LogP contribution in [0.5, 0.6) is 0 Å². The molecular weight excluding hydrogens is 380 g/mol. The van der Waals surface area contributed by atoms with Gasteiger partial charge in [-0.25, -0.2) is 14.5 Å². The third-order valence-corrected chi connectivity index (χ3v) is 4.67. The Morgan fingerprint density at radius 1 is 1.07 bits per heavy atom. The fourth-order valence-electron chi connectivity index (χ4n) is 2.83. The number of esters is 1. The Balaban J connectivity index is 1.54. The van der Waals surface area contributed by atoms with Crippen LogP contribution in [-0.2, 0) is 21.5 Å². The summed E-state index contributed by atoms with van der Waals surface area (Å²) in [6, 6.07) is 14.6. The summed E-state index contributed by atoms with van der Waals surface area (Å²) in [6.07, 6.45) is 2.17. The summed E-state index contributed by atoms with van der Waals surface area (Å²) in [4.78, 5) is 28.7. The van der Waals surface area contributed by atoms with E-state index in [9.17, 15) is 9.59 Å². The molecule has 7 heteroatoms. The van der Waals surface area contributed by atoms with Crippen molar-refractivity contribution in [1.82, 2.24) is 14.8 Å². The van der Waals surface area contributed by atoms with Crippen molar-refractivity contribution in [3.8, 4) is 0 Å². The first-order valence-corrected chi connectivity index (χ1v) is 9.76. The Bertz CT molecular complexity index is 988. The maximum atomic E-state index is 12.4. The largest absolute Gasteiger partial charge is 0.449 e. The molecule has 3 rings (SSSR count). The summed E-state index contributed by atoms with van der Waals surface area (Å²) in [6.45, 7) is 8.49. The molecule has 1 aromatic heterocycles. The van der Waals surface area contributed by atoms with Crippen molar-refractivity contribution in [2.24, 2.45) is 0 Å². The Morgan fingerprint density at radius 2 is 1.73 bits per heavy atom. The van der Waals surface area contributed by atoms with E-state index in [-0.39, 0.29) is 11.3 Å². The second-order valence-corrected chi connectivity index (χ2v) is 8.15. The minimum absolute atomic E-state index is 0.0379. The standard InChI is InChI=1S/C23H26N4O3/c1-16(21(28)26-20-11-9-19(10-12-20)23(2,3)4)30-22(29)18-7-5-17(6-8-18)13-27-15-24-14-25-27/h5-12,14-16H,13H2,1-4H3,(H,26,28). The van der Waals surface area contributed by atoms with Gasteiger partial charge in [-0.1, -0.05) is 45.0 Å². The van der Waals surface area contributed by atoms with E-state index < -0.39 is 12.1 Å². The molecule has 2 aromatic carbocycles. The van der Waals surface area contributed by atoms with Gasteiger partial charge in [-0.3, -0.25) is 4.79 Å². The molecule has 0 bridgehead atoms. The molecule has 0 aliphatic carbocycles. The van der Waals surface area contributed by atoms with Crippen LogP contribution in [0.4, 0.5) is 5.69 Å². The SMILES string of the molecule is CC(OC(=O)c1ccc(Cn2cncn2)cc1)C(=O)Nc1ccc(C(C)(C)C)cc1. The van der Waals surface area contributed by atoms with Gasteiger partial charge in [-0.05, 0) is 47.7 Å². The molecule has 0 spiro atoms. The summed E-state index contributed by atoms with van der Waals surface area (Å²) in [5.74, 6) is -0.928. The molecule has 30 heavy (non-hydrogen) atoms. The quantitative estimate of drug-likeness (QED) is 0.629. The lowest BCUT2D eigenvalue weighted by molar-refractivity contribution is -0.123. The zero-order valence-corrected chi connectivity index (χ0v) is 17.6. The van der Waals surface area contributed by atoms with Crippen LogP contribution in [0.3, 0.4) is 0 Å². The topological polar surface area (TPSA) is 86.1 Å². The Morgan fingerprint density at radius 3 is 2.30 bits per heavy atom. The molecule has 0 radical (unpaired) electrons. The normalized spacial score (nSPS) is 12.3. The second kappa shape index (κ2) is 8.90. The van der Waals surface area contributed by atoms with Crippen LogP contribution in [0.1, 0.15) is 49.2 Å². The first-order chi connectivity index (χ1) is 14.2. The van der Waals surface area contributed by atoms with Gasteiger partial charge in [0.15, 0.2) is 6.10 Å². The highest BCUT2D eigenvalue weighted by Gasteiger charge is 2.19. The number of nitrogens with one attached hydrogen (secondary N) is 1. The Kier molecular flexibility index (Phi) is 6.30. The lowest BCUT2D eigenvalue weighted by Gasteiger charge is -2.19. The zero-order valence-electron chi connectivity index (χ0n) is 17.6. The van der Waals surface area contributed by atoms with Crippen LogP contribution in [0, 0.1) is 0 Å². The van der Waals surface area contributed by atoms with Gasteiger partial charge in [0.25, 0.3) is 5.91 Å². The number of rotatable bonds is 6. The first kappa shape index (κ1) is 21.2. The van der Waals surface area contributed by atoms with Crippen molar-refractivity contribution in [2.45, 2.75) is 45.8 Å². The van der Waals surface area contributed by atoms with Crippen LogP contribution in [0.25, 0.3) is 0 Å². The minimum Gasteiger partial charge on any atom is -0.449 e. The predicted octanol–water partition coefficient (Wildman–Crippen LogP) is 3.81. The molecule has 1 heterocycles. The van der Waals surface area contributed by atoms with Gasteiger partial charge in [0, 0.05) is 5.69 Å². The number of hydrogen-bond donors (Lipinski definition) is 1. The van der Waals surface area contributed by atoms with Crippen molar-refractivity contribution in [2.75, 3.05) is 5.32 Å². The third-order valence-electron chi connectivity index (χ3n) is 4.67. The molecule has 1 N–H and O–H groups in total. The Labute approximate surface area is 176 Å². The number of amides is 1. The lowest BCUT2D eigenvalue weighted by atomic mass is 9.87. The van der Waals surface area contributed by atoms with Crippen molar-refractivity contribution in [3.63, 3.8) is 0 Å². The molecule has 1 atom stereocenters. The number of anilines is 1. The minimum atomic E-state index is -0.922. The van der Waals surface area contributed by atoms with Gasteiger partial charge in [0.05, 0.1) is 12.1 Å². The smallest absolute Gasteiger partial charge is 0.338 e. The maximum absolute atomic E-state index is 12.4. The molecule has 156 valence electrons. The summed E-state index contributed by atoms with van der Waals surface area (Å²) >= 11 is 0. The highest BCUT2D eigenvalue weighted by molar-refractivity contribution is 5.97. The number of hydrogen-bond acceptors (Lipinski definition) is 5. The highest BCUT2D eigenvalue weighted by atomic mass is 16.5. The van der Waals surface area contributed by atoms with Gasteiger partial charge < -0.3 is 10.1 Å². The summed E-state index contributed by atoms with van der Waals surface area (Å²) in [5.41, 5.74) is 3.23. The van der Waals surface area contributed by atoms with E-state index in [0.717, 1.165) is 5.56 Å². The van der Waals surface area contributed by atoms with E-state index >= 15 is 0 Å². The molecule has 0 saturated carbocycles. The molecular formula is C23H26N4O3. The number of carbonyl (C=O) groups excluding carboxylic acids is 2. The zero-order chi connectivity index (χ0) is 21.7. The molecule has 0 aliphatic heterocycles. The van der Waals surface area contributed by atoms with Crippen LogP contribution in [-0.4, -0.2) is 32.7 Å². The van der Waals surface area contributed by atoms with Crippen molar-refractivity contribution < 1.29 is 14.3 Å². The molecule has 1 unspecified atom stereocenters. The average Bonchev–Trinajstić information content (AvgIpc) is 3.21. The van der Waals surface area contributed by atoms with Gasteiger partial charge in [0.1, 0.15) is 12.7 Å². The lowest BCUT2D eigenvalue weighted by Crippen LogP contribution is -2.30. The third kappa shape index (κ3) is 5.53. The summed E-state index contributed by atoms with van der Waals surface area (Å²) in [7, 11) is 0. The molecule has 0 aliphatic rings. The van der Waals surface area contributed by atoms with E-state index in [1.165, 1.54) is 11.9 Å². The van der Waals surface area contributed by atoms with Crippen LogP contribution < -0.4 is 5.32 Å². The van der Waals surface area contributed by atoms with Gasteiger partial charge in [-0.15, -0.1) is 0 Å². The van der Waals surface area contributed by atoms with Gasteiger partial charge >= 0.3 is 5.97 Å². The fourth-order valence-corrected chi connectivity index (χ4v) is 2.83. The molecule has 0 saturated heterocycles. The molecule has 1 amide bonds. The van der Waals surface area contributed by atoms with E-state index in [2.05, 4.69) is 36.2 Å². The van der Waals surface area contributed by atoms with E-state index in [1.54, 1.807) is 30.1 Å². The molecule has 0 fully saturated rings. The van der Waals surface area contributed by atoms with E-state index in [1.807, 2.05) is 36.4 Å². The van der Waals surface area contributed by atoms with Crippen molar-refractivity contribution in [1.29, 1.82) is 0 Å². The number of nitrogens with zero attached hydrogens (tertiary/aromatic N) is 3. The molecule has 7 nitrogen and oxygen atoms in total. The van der Waals surface area contributed by atoms with Gasteiger partial charge in [0.2, 0.25) is 0 Å². The molecule has 3 aromatic rings. The van der Waals surface area contributed by atoms with Crippen LogP contribution >= 0.6 is 0 Å². The van der Waals surface area contributed by atoms with E-state index in [4.69, 9.17) is 4.74 Å².